The van der Waals surface area contributed by atoms with Crippen molar-refractivity contribution in [1.82, 2.24) is 0 Å². The van der Waals surface area contributed by atoms with Crippen LogP contribution >= 0.6 is 11.8 Å². The predicted molar refractivity (Wildman–Crippen MR) is 101 cm³/mol. The zero-order valence-electron chi connectivity index (χ0n) is 15.0. The van der Waals surface area contributed by atoms with E-state index >= 15 is 0 Å². The molecule has 1 aliphatic rings. The lowest BCUT2D eigenvalue weighted by Gasteiger charge is -2.34. The fraction of sp³-hybridized carbons (Fsp3) is 0.700. The minimum absolute atomic E-state index is 0.148. The summed E-state index contributed by atoms with van der Waals surface area (Å²) < 4.78 is 11.7. The van der Waals surface area contributed by atoms with Crippen LogP contribution in [-0.2, 0) is 15.2 Å². The monoisotopic (exact) mass is 352 g/mol. The van der Waals surface area contributed by atoms with E-state index in [4.69, 9.17) is 9.47 Å². The van der Waals surface area contributed by atoms with E-state index in [-0.39, 0.29) is 6.10 Å². The first kappa shape index (κ1) is 19.8. The highest BCUT2D eigenvalue weighted by atomic mass is 32.2. The number of rotatable bonds is 10. The third-order valence-corrected chi connectivity index (χ3v) is 5.72. The molecule has 24 heavy (non-hydrogen) atoms. The van der Waals surface area contributed by atoms with Crippen molar-refractivity contribution in [2.24, 2.45) is 0 Å². The molecule has 2 rings (SSSR count). The van der Waals surface area contributed by atoms with Gasteiger partial charge >= 0.3 is 0 Å². The normalized spacial score (nSPS) is 25.5. The Morgan fingerprint density at radius 1 is 1.25 bits per heavy atom. The van der Waals surface area contributed by atoms with Crippen LogP contribution in [0, 0.1) is 0 Å². The second kappa shape index (κ2) is 11.1. The Hall–Kier alpha value is -0.550. The highest BCUT2D eigenvalue weighted by Crippen LogP contribution is 2.28. The van der Waals surface area contributed by atoms with Crippen molar-refractivity contribution >= 4 is 11.8 Å². The van der Waals surface area contributed by atoms with Gasteiger partial charge in [-0.25, -0.2) is 0 Å². The molecule has 0 aromatic heterocycles. The van der Waals surface area contributed by atoms with Crippen LogP contribution in [0.15, 0.2) is 30.3 Å². The average Bonchev–Trinajstić information content (AvgIpc) is 2.60. The first-order valence-corrected chi connectivity index (χ1v) is 10.3. The van der Waals surface area contributed by atoms with Crippen LogP contribution in [0.2, 0.25) is 0 Å². The molecule has 0 radical (unpaired) electrons. The molecule has 1 aromatic carbocycles. The summed E-state index contributed by atoms with van der Waals surface area (Å²) >= 11 is 1.85. The molecule has 1 N–H and O–H groups in total. The first-order chi connectivity index (χ1) is 11.7. The molecule has 0 spiro atoms. The van der Waals surface area contributed by atoms with Crippen molar-refractivity contribution < 1.29 is 14.6 Å². The second-order valence-corrected chi connectivity index (χ2v) is 8.01. The van der Waals surface area contributed by atoms with Crippen LogP contribution in [0.3, 0.4) is 0 Å². The van der Waals surface area contributed by atoms with Crippen LogP contribution in [0.25, 0.3) is 0 Å². The van der Waals surface area contributed by atoms with E-state index in [1.54, 1.807) is 0 Å². The zero-order valence-corrected chi connectivity index (χ0v) is 15.8. The van der Waals surface area contributed by atoms with Crippen LogP contribution < -0.4 is 0 Å². The topological polar surface area (TPSA) is 38.7 Å². The predicted octanol–water partition coefficient (Wildman–Crippen LogP) is 4.77. The Morgan fingerprint density at radius 2 is 2.04 bits per heavy atom. The summed E-state index contributed by atoms with van der Waals surface area (Å²) in [5.41, 5.74) is 1.32. The molecule has 1 heterocycles. The SMILES string of the molecule is CCCCCC[C@@H](C)O[C@@H]1OC[C@@H](SCc2ccccc2)C[C@H]1O. The third kappa shape index (κ3) is 7.14. The van der Waals surface area contributed by atoms with Gasteiger partial charge in [0.1, 0.15) is 6.10 Å². The van der Waals surface area contributed by atoms with Crippen molar-refractivity contribution in [3.8, 4) is 0 Å². The van der Waals surface area contributed by atoms with Crippen molar-refractivity contribution in [3.05, 3.63) is 35.9 Å². The number of benzene rings is 1. The van der Waals surface area contributed by atoms with Crippen molar-refractivity contribution in [2.75, 3.05) is 6.61 Å². The molecular weight excluding hydrogens is 320 g/mol. The fourth-order valence-corrected chi connectivity index (χ4v) is 4.08. The van der Waals surface area contributed by atoms with E-state index in [1.165, 1.54) is 31.2 Å². The Morgan fingerprint density at radius 3 is 2.75 bits per heavy atom. The quantitative estimate of drug-likeness (QED) is 0.616. The smallest absolute Gasteiger partial charge is 0.183 e. The third-order valence-electron chi connectivity index (χ3n) is 4.42. The number of hydrogen-bond donors (Lipinski definition) is 1. The maximum Gasteiger partial charge on any atom is 0.183 e. The molecule has 1 saturated heterocycles. The van der Waals surface area contributed by atoms with E-state index in [9.17, 15) is 5.11 Å². The summed E-state index contributed by atoms with van der Waals surface area (Å²) in [6, 6.07) is 10.4. The standard InChI is InChI=1S/C20H32O3S/c1-3-4-5-7-10-16(2)23-20-19(21)13-18(14-22-20)24-15-17-11-8-6-9-12-17/h6,8-9,11-12,16,18-21H,3-5,7,10,13-15H2,1-2H3/t16-,18+,19-,20+/m1/s1. The summed E-state index contributed by atoms with van der Waals surface area (Å²) in [4.78, 5) is 0. The van der Waals surface area contributed by atoms with Gasteiger partial charge < -0.3 is 14.6 Å². The molecule has 136 valence electrons. The van der Waals surface area contributed by atoms with Gasteiger partial charge in [0.05, 0.1) is 12.7 Å². The number of thioether (sulfide) groups is 1. The van der Waals surface area contributed by atoms with Crippen molar-refractivity contribution in [2.45, 2.75) is 81.9 Å². The highest BCUT2D eigenvalue weighted by Gasteiger charge is 2.31. The lowest BCUT2D eigenvalue weighted by Crippen LogP contribution is -2.43. The molecule has 0 amide bonds. The summed E-state index contributed by atoms with van der Waals surface area (Å²) in [5, 5.41) is 10.7. The number of aliphatic hydroxyl groups excluding tert-OH is 1. The molecule has 3 nitrogen and oxygen atoms in total. The molecular formula is C20H32O3S. The van der Waals surface area contributed by atoms with Crippen LogP contribution in [0.1, 0.15) is 57.9 Å². The van der Waals surface area contributed by atoms with Gasteiger partial charge in [-0.3, -0.25) is 0 Å². The number of hydrogen-bond acceptors (Lipinski definition) is 4. The van der Waals surface area contributed by atoms with Crippen molar-refractivity contribution in [1.29, 1.82) is 0 Å². The van der Waals surface area contributed by atoms with Gasteiger partial charge in [0, 0.05) is 11.0 Å². The van der Waals surface area contributed by atoms with Crippen LogP contribution in [0.5, 0.6) is 0 Å². The van der Waals surface area contributed by atoms with Crippen molar-refractivity contribution in [3.63, 3.8) is 0 Å². The number of ether oxygens (including phenoxy) is 2. The molecule has 0 unspecified atom stereocenters. The van der Waals surface area contributed by atoms with Gasteiger partial charge in [0.15, 0.2) is 6.29 Å². The molecule has 1 aromatic rings. The molecule has 4 heteroatoms. The summed E-state index contributed by atoms with van der Waals surface area (Å²) in [7, 11) is 0. The minimum atomic E-state index is -0.523. The van der Waals surface area contributed by atoms with Gasteiger partial charge in [0.2, 0.25) is 0 Å². The molecule has 1 fully saturated rings. The van der Waals surface area contributed by atoms with Crippen LogP contribution in [0.4, 0.5) is 0 Å². The average molecular weight is 353 g/mol. The van der Waals surface area contributed by atoms with E-state index in [1.807, 2.05) is 17.8 Å². The fourth-order valence-electron chi connectivity index (χ4n) is 2.95. The largest absolute Gasteiger partial charge is 0.388 e. The summed E-state index contributed by atoms with van der Waals surface area (Å²) in [6.45, 7) is 4.96. The van der Waals surface area contributed by atoms with E-state index in [2.05, 4.69) is 38.1 Å². The van der Waals surface area contributed by atoms with Gasteiger partial charge in [-0.05, 0) is 25.3 Å². The maximum absolute atomic E-state index is 10.3. The van der Waals surface area contributed by atoms with Gasteiger partial charge in [-0.15, -0.1) is 0 Å². The lowest BCUT2D eigenvalue weighted by molar-refractivity contribution is -0.230. The van der Waals surface area contributed by atoms with Gasteiger partial charge in [-0.2, -0.15) is 11.8 Å². The molecule has 0 aliphatic carbocycles. The second-order valence-electron chi connectivity index (χ2n) is 6.72. The Labute approximate surface area is 151 Å². The Kier molecular flexibility index (Phi) is 9.18. The Balaban J connectivity index is 1.65. The first-order valence-electron chi connectivity index (χ1n) is 9.29. The lowest BCUT2D eigenvalue weighted by atomic mass is 10.1. The minimum Gasteiger partial charge on any atom is -0.388 e. The highest BCUT2D eigenvalue weighted by molar-refractivity contribution is 7.99. The zero-order chi connectivity index (χ0) is 17.2. The summed E-state index contributed by atoms with van der Waals surface area (Å²) in [6.07, 6.45) is 5.94. The van der Waals surface area contributed by atoms with Gasteiger partial charge in [0.25, 0.3) is 0 Å². The van der Waals surface area contributed by atoms with Gasteiger partial charge in [-0.1, -0.05) is 62.9 Å². The molecule has 0 saturated carbocycles. The number of unbranched alkanes of at least 4 members (excludes halogenated alkanes) is 3. The summed E-state index contributed by atoms with van der Waals surface area (Å²) in [5.74, 6) is 0.959. The maximum atomic E-state index is 10.3. The van der Waals surface area contributed by atoms with Crippen LogP contribution in [-0.4, -0.2) is 35.5 Å². The van der Waals surface area contributed by atoms with E-state index < -0.39 is 12.4 Å². The number of aliphatic hydroxyl groups is 1. The Bertz CT molecular complexity index is 440. The van der Waals surface area contributed by atoms with E-state index in [0.717, 1.165) is 18.6 Å². The molecule has 0 bridgehead atoms. The molecule has 1 aliphatic heterocycles. The van der Waals surface area contributed by atoms with E-state index in [0.29, 0.717) is 11.9 Å². The molecule has 4 atom stereocenters.